The molecule has 14 rings (SSSR count). The molecule has 0 aliphatic heterocycles. The van der Waals surface area contributed by atoms with Crippen molar-refractivity contribution in [2.24, 2.45) is 0 Å². The van der Waals surface area contributed by atoms with E-state index in [0.29, 0.717) is 17.5 Å². The first-order valence-corrected chi connectivity index (χ1v) is 21.4. The monoisotopic (exact) mass is 819 g/mol. The van der Waals surface area contributed by atoms with Gasteiger partial charge in [-0.3, -0.25) is 0 Å². The van der Waals surface area contributed by atoms with Crippen molar-refractivity contribution in [3.05, 3.63) is 200 Å². The maximum Gasteiger partial charge on any atom is 0.166 e. The second kappa shape index (κ2) is 13.3. The fraction of sp³-hybridized carbons (Fsp3) is 0. The highest BCUT2D eigenvalue weighted by molar-refractivity contribution is 6.14. The van der Waals surface area contributed by atoms with Gasteiger partial charge in [0.25, 0.3) is 0 Å². The highest BCUT2D eigenvalue weighted by atomic mass is 16.3. The first kappa shape index (κ1) is 34.9. The van der Waals surface area contributed by atoms with Gasteiger partial charge in [0.05, 0.1) is 33.4 Å². The minimum Gasteiger partial charge on any atom is -0.456 e. The molecular weight excluding hydrogens is 787 g/mol. The number of para-hydroxylation sites is 6. The predicted octanol–water partition coefficient (Wildman–Crippen LogP) is 14.9. The van der Waals surface area contributed by atoms with Gasteiger partial charge in [-0.05, 0) is 60.7 Å². The summed E-state index contributed by atoms with van der Waals surface area (Å²) < 4.78 is 17.9. The Morgan fingerprint density at radius 3 is 1.05 bits per heavy atom. The van der Waals surface area contributed by atoms with E-state index in [-0.39, 0.29) is 0 Å². The van der Waals surface area contributed by atoms with Crippen molar-refractivity contribution in [2.75, 3.05) is 0 Å². The molecule has 0 fully saturated rings. The van der Waals surface area contributed by atoms with Crippen molar-refractivity contribution in [2.45, 2.75) is 0 Å². The molecule has 5 aromatic heterocycles. The molecule has 7 nitrogen and oxygen atoms in total. The van der Waals surface area contributed by atoms with E-state index >= 15 is 0 Å². The minimum atomic E-state index is 0.515. The fourth-order valence-electron chi connectivity index (χ4n) is 9.95. The lowest BCUT2D eigenvalue weighted by molar-refractivity contribution is 0.668. The Hall–Kier alpha value is -8.81. The van der Waals surface area contributed by atoms with Crippen LogP contribution in [0.3, 0.4) is 0 Å². The van der Waals surface area contributed by atoms with Gasteiger partial charge in [-0.25, -0.2) is 15.0 Å². The van der Waals surface area contributed by atoms with Crippen molar-refractivity contribution in [1.29, 1.82) is 0 Å². The zero-order valence-corrected chi connectivity index (χ0v) is 34.1. The van der Waals surface area contributed by atoms with Crippen LogP contribution in [-0.2, 0) is 0 Å². The highest BCUT2D eigenvalue weighted by Crippen LogP contribution is 2.43. The van der Waals surface area contributed by atoms with E-state index in [1.165, 1.54) is 0 Å². The Labute approximate surface area is 364 Å². The molecule has 64 heavy (non-hydrogen) atoms. The zero-order valence-electron chi connectivity index (χ0n) is 34.1. The van der Waals surface area contributed by atoms with Crippen molar-refractivity contribution >= 4 is 87.5 Å². The minimum absolute atomic E-state index is 0.515. The largest absolute Gasteiger partial charge is 0.456 e. The molecule has 298 valence electrons. The number of rotatable bonds is 5. The SMILES string of the molecule is c1ccc(-c2nc(-c3cc4oc5ccccc5c4cc3-n3c4ccccc4c4ccccc43)nc(-c3cc4oc5ccccc5c4cc3-n3c4ccccc4c4ccccc43)n2)cc1. The first-order valence-electron chi connectivity index (χ1n) is 21.4. The highest BCUT2D eigenvalue weighted by Gasteiger charge is 2.25. The molecule has 0 N–H and O–H groups in total. The van der Waals surface area contributed by atoms with Crippen LogP contribution in [0.1, 0.15) is 0 Å². The average Bonchev–Trinajstić information content (AvgIpc) is 4.11. The lowest BCUT2D eigenvalue weighted by atomic mass is 10.0. The van der Waals surface area contributed by atoms with E-state index < -0.39 is 0 Å². The molecular formula is C57H33N5O2. The number of nitrogens with zero attached hydrogens (tertiary/aromatic N) is 5. The summed E-state index contributed by atoms with van der Waals surface area (Å²) in [5.41, 5.74) is 11.8. The summed E-state index contributed by atoms with van der Waals surface area (Å²) in [6, 6.07) is 69.6. The van der Waals surface area contributed by atoms with Gasteiger partial charge in [0.1, 0.15) is 22.3 Å². The van der Waals surface area contributed by atoms with E-state index in [4.69, 9.17) is 23.8 Å². The van der Waals surface area contributed by atoms with E-state index in [1.807, 2.05) is 42.5 Å². The van der Waals surface area contributed by atoms with Crippen LogP contribution in [0.25, 0.3) is 133 Å². The predicted molar refractivity (Wildman–Crippen MR) is 259 cm³/mol. The smallest absolute Gasteiger partial charge is 0.166 e. The topological polar surface area (TPSA) is 74.8 Å². The quantitative estimate of drug-likeness (QED) is 0.173. The second-order valence-corrected chi connectivity index (χ2v) is 16.3. The number of hydrogen-bond acceptors (Lipinski definition) is 5. The molecule has 0 spiro atoms. The van der Waals surface area contributed by atoms with Crippen LogP contribution < -0.4 is 0 Å². The van der Waals surface area contributed by atoms with Crippen LogP contribution in [0, 0.1) is 0 Å². The molecule has 0 radical (unpaired) electrons. The van der Waals surface area contributed by atoms with Gasteiger partial charge < -0.3 is 18.0 Å². The number of aromatic nitrogens is 5. The Morgan fingerprint density at radius 1 is 0.281 bits per heavy atom. The summed E-state index contributed by atoms with van der Waals surface area (Å²) in [6.07, 6.45) is 0. The standard InChI is InChI=1S/C57H33N5O2/c1-2-16-34(17-3-1)55-58-56(43-32-53-41(39-22-8-14-28-51(39)63-53)30-49(43)61-45-24-10-4-18-35(45)36-19-5-11-25-46(36)61)60-57(59-55)44-33-54-42(40-23-9-15-29-52(40)64-54)31-50(44)62-47-26-12-6-20-37(47)38-21-7-13-27-48(38)62/h1-33H. The van der Waals surface area contributed by atoms with E-state index in [1.54, 1.807) is 0 Å². The molecule has 0 aliphatic rings. The third-order valence-corrected chi connectivity index (χ3v) is 12.8. The summed E-state index contributed by atoms with van der Waals surface area (Å²) in [6.45, 7) is 0. The molecule has 0 unspecified atom stereocenters. The van der Waals surface area contributed by atoms with Crippen LogP contribution in [0.4, 0.5) is 0 Å². The Balaban J connectivity index is 1.12. The fourth-order valence-corrected chi connectivity index (χ4v) is 9.95. The van der Waals surface area contributed by atoms with Gasteiger partial charge in [0.2, 0.25) is 0 Å². The molecule has 0 saturated carbocycles. The van der Waals surface area contributed by atoms with Crippen LogP contribution in [-0.4, -0.2) is 24.1 Å². The van der Waals surface area contributed by atoms with Crippen molar-refractivity contribution in [1.82, 2.24) is 24.1 Å². The molecule has 0 atom stereocenters. The van der Waals surface area contributed by atoms with Crippen LogP contribution in [0.15, 0.2) is 209 Å². The molecule has 0 saturated heterocycles. The lowest BCUT2D eigenvalue weighted by Gasteiger charge is -2.17. The summed E-state index contributed by atoms with van der Waals surface area (Å²) >= 11 is 0. The Bertz CT molecular complexity index is 3850. The summed E-state index contributed by atoms with van der Waals surface area (Å²) in [4.78, 5) is 16.3. The van der Waals surface area contributed by atoms with E-state index in [9.17, 15) is 0 Å². The molecule has 0 aliphatic carbocycles. The summed E-state index contributed by atoms with van der Waals surface area (Å²) in [5.74, 6) is 1.58. The van der Waals surface area contributed by atoms with Crippen molar-refractivity contribution in [3.63, 3.8) is 0 Å². The second-order valence-electron chi connectivity index (χ2n) is 16.3. The maximum absolute atomic E-state index is 6.62. The Kier molecular flexibility index (Phi) is 7.27. The van der Waals surface area contributed by atoms with Gasteiger partial charge >= 0.3 is 0 Å². The molecule has 5 heterocycles. The van der Waals surface area contributed by atoms with Gasteiger partial charge in [0.15, 0.2) is 17.5 Å². The third kappa shape index (κ3) is 5.06. The van der Waals surface area contributed by atoms with Crippen molar-refractivity contribution in [3.8, 4) is 45.5 Å². The maximum atomic E-state index is 6.62. The summed E-state index contributed by atoms with van der Waals surface area (Å²) in [5, 5.41) is 8.77. The summed E-state index contributed by atoms with van der Waals surface area (Å²) in [7, 11) is 0. The van der Waals surface area contributed by atoms with E-state index in [2.05, 4.69) is 167 Å². The van der Waals surface area contributed by atoms with Gasteiger partial charge in [0, 0.05) is 59.8 Å². The van der Waals surface area contributed by atoms with E-state index in [0.717, 1.165) is 116 Å². The molecule has 0 bridgehead atoms. The Morgan fingerprint density at radius 2 is 0.625 bits per heavy atom. The van der Waals surface area contributed by atoms with Gasteiger partial charge in [-0.1, -0.05) is 140 Å². The van der Waals surface area contributed by atoms with Crippen molar-refractivity contribution < 1.29 is 8.83 Å². The molecule has 14 aromatic rings. The number of benzene rings is 9. The third-order valence-electron chi connectivity index (χ3n) is 12.8. The van der Waals surface area contributed by atoms with Crippen LogP contribution >= 0.6 is 0 Å². The molecule has 7 heteroatoms. The molecule has 9 aromatic carbocycles. The number of furan rings is 2. The lowest BCUT2D eigenvalue weighted by Crippen LogP contribution is -2.05. The van der Waals surface area contributed by atoms with Crippen LogP contribution in [0.5, 0.6) is 0 Å². The van der Waals surface area contributed by atoms with Gasteiger partial charge in [-0.2, -0.15) is 0 Å². The first-order chi connectivity index (χ1) is 31.7. The number of fused-ring (bicyclic) bond motifs is 12. The number of hydrogen-bond donors (Lipinski definition) is 0. The normalized spacial score (nSPS) is 12.1. The van der Waals surface area contributed by atoms with Crippen LogP contribution in [0.2, 0.25) is 0 Å². The molecule has 0 amide bonds. The average molecular weight is 820 g/mol. The zero-order chi connectivity index (χ0) is 41.9. The van der Waals surface area contributed by atoms with Gasteiger partial charge in [-0.15, -0.1) is 0 Å².